The Balaban J connectivity index is 2.64. The van der Waals surface area contributed by atoms with Gasteiger partial charge < -0.3 is 4.52 Å². The molecule has 0 aliphatic rings. The summed E-state index contributed by atoms with van der Waals surface area (Å²) in [5.74, 6) is 0.694. The average Bonchev–Trinajstić information content (AvgIpc) is 2.09. The Labute approximate surface area is 73.8 Å². The van der Waals surface area contributed by atoms with E-state index in [0.29, 0.717) is 5.75 Å². The molecule has 0 aromatic heterocycles. The molecule has 0 amide bonds. The Morgan fingerprint density at radius 1 is 1.33 bits per heavy atom. The van der Waals surface area contributed by atoms with E-state index in [1.54, 1.807) is 0 Å². The fourth-order valence-corrected chi connectivity index (χ4v) is 1.35. The summed E-state index contributed by atoms with van der Waals surface area (Å²) < 4.78 is 15.0. The molecule has 66 valence electrons. The zero-order valence-electron chi connectivity index (χ0n) is 7.12. The highest BCUT2D eigenvalue weighted by molar-refractivity contribution is 7.17. The van der Waals surface area contributed by atoms with Gasteiger partial charge in [0.15, 0.2) is 0 Å². The van der Waals surface area contributed by atoms with Crippen LogP contribution in [0.2, 0.25) is 0 Å². The quantitative estimate of drug-likeness (QED) is 0.672. The molecule has 1 aromatic carbocycles. The molecule has 0 saturated heterocycles. The average molecular weight is 184 g/mol. The maximum atomic E-state index is 10.2. The topological polar surface area (TPSA) is 26.3 Å². The van der Waals surface area contributed by atoms with E-state index in [9.17, 15) is 4.57 Å². The van der Waals surface area contributed by atoms with Crippen LogP contribution in [-0.4, -0.2) is 0 Å². The van der Waals surface area contributed by atoms with Crippen LogP contribution in [0.5, 0.6) is 5.75 Å². The zero-order valence-corrected chi connectivity index (χ0v) is 8.27. The maximum absolute atomic E-state index is 10.2. The second-order valence-corrected chi connectivity index (χ2v) is 3.04. The normalized spacial score (nSPS) is 10.8. The van der Waals surface area contributed by atoms with Gasteiger partial charge in [-0.15, -0.1) is 0 Å². The molecule has 0 spiro atoms. The van der Waals surface area contributed by atoms with Crippen molar-refractivity contribution in [3.63, 3.8) is 0 Å². The molecule has 1 atom stereocenters. The highest BCUT2D eigenvalue weighted by atomic mass is 31.1. The lowest BCUT2D eigenvalue weighted by molar-refractivity contribution is 0.525. The summed E-state index contributed by atoms with van der Waals surface area (Å²) in [5.41, 5.74) is 1.30. The minimum Gasteiger partial charge on any atom is -0.447 e. The van der Waals surface area contributed by atoms with E-state index in [2.05, 4.69) is 6.92 Å². The largest absolute Gasteiger partial charge is 0.447 e. The molecule has 0 aliphatic carbocycles. The molecule has 0 radical (unpaired) electrons. The fraction of sp³-hybridized carbons (Fsp3) is 0.333. The number of rotatable bonds is 4. The van der Waals surface area contributed by atoms with Gasteiger partial charge in [-0.3, -0.25) is 4.57 Å². The third kappa shape index (κ3) is 2.71. The van der Waals surface area contributed by atoms with Gasteiger partial charge in [-0.1, -0.05) is 25.5 Å². The van der Waals surface area contributed by atoms with Crippen molar-refractivity contribution in [2.24, 2.45) is 0 Å². The van der Waals surface area contributed by atoms with Gasteiger partial charge >= 0.3 is 0 Å². The summed E-state index contributed by atoms with van der Waals surface area (Å²) in [6, 6.07) is 7.73. The first kappa shape index (κ1) is 9.34. The van der Waals surface area contributed by atoms with E-state index in [1.807, 2.05) is 24.3 Å². The van der Waals surface area contributed by atoms with Crippen LogP contribution in [0.4, 0.5) is 0 Å². The summed E-state index contributed by atoms with van der Waals surface area (Å²) in [6.45, 7) is 2.15. The molecular formula is C9H13O2P. The molecule has 1 aromatic rings. The van der Waals surface area contributed by atoms with Crippen LogP contribution in [0.3, 0.4) is 0 Å². The van der Waals surface area contributed by atoms with E-state index >= 15 is 0 Å². The van der Waals surface area contributed by atoms with Gasteiger partial charge in [0.1, 0.15) is 5.75 Å². The minimum absolute atomic E-state index is 0.694. The summed E-state index contributed by atoms with van der Waals surface area (Å²) in [4.78, 5) is 0. The molecule has 0 saturated carbocycles. The SMILES string of the molecule is CCCc1ccc(O[PH2]=O)cc1. The molecule has 0 aliphatic heterocycles. The van der Waals surface area contributed by atoms with E-state index < -0.39 is 8.69 Å². The lowest BCUT2D eigenvalue weighted by Gasteiger charge is -2.00. The Bertz CT molecular complexity index is 243. The second kappa shape index (κ2) is 5.00. The van der Waals surface area contributed by atoms with Crippen molar-refractivity contribution >= 4 is 8.69 Å². The van der Waals surface area contributed by atoms with Gasteiger partial charge in [0.2, 0.25) is 8.69 Å². The van der Waals surface area contributed by atoms with Crippen LogP contribution in [0.1, 0.15) is 18.9 Å². The molecule has 3 heteroatoms. The summed E-state index contributed by atoms with van der Waals surface area (Å²) in [5, 5.41) is 0. The van der Waals surface area contributed by atoms with Crippen molar-refractivity contribution < 1.29 is 9.09 Å². The number of hydrogen-bond acceptors (Lipinski definition) is 2. The third-order valence-electron chi connectivity index (χ3n) is 1.65. The van der Waals surface area contributed by atoms with Crippen molar-refractivity contribution in [3.8, 4) is 5.75 Å². The summed E-state index contributed by atoms with van der Waals surface area (Å²) in [6.07, 6.45) is 2.23. The van der Waals surface area contributed by atoms with Crippen molar-refractivity contribution in [1.29, 1.82) is 0 Å². The molecular weight excluding hydrogens is 171 g/mol. The van der Waals surface area contributed by atoms with Crippen molar-refractivity contribution in [2.75, 3.05) is 0 Å². The maximum Gasteiger partial charge on any atom is 0.225 e. The Morgan fingerprint density at radius 3 is 2.50 bits per heavy atom. The molecule has 2 nitrogen and oxygen atoms in total. The van der Waals surface area contributed by atoms with Crippen LogP contribution in [0.15, 0.2) is 24.3 Å². The highest BCUT2D eigenvalue weighted by Crippen LogP contribution is 2.16. The fourth-order valence-electron chi connectivity index (χ4n) is 1.08. The monoisotopic (exact) mass is 184 g/mol. The van der Waals surface area contributed by atoms with Gasteiger partial charge in [-0.2, -0.15) is 0 Å². The molecule has 1 rings (SSSR count). The van der Waals surface area contributed by atoms with E-state index in [0.717, 1.165) is 12.8 Å². The lowest BCUT2D eigenvalue weighted by atomic mass is 10.1. The van der Waals surface area contributed by atoms with Crippen LogP contribution >= 0.6 is 8.69 Å². The van der Waals surface area contributed by atoms with Gasteiger partial charge in [0.05, 0.1) is 0 Å². The molecule has 0 N–H and O–H groups in total. The molecule has 0 bridgehead atoms. The predicted octanol–water partition coefficient (Wildman–Crippen LogP) is 2.69. The minimum atomic E-state index is -1.14. The summed E-state index contributed by atoms with van der Waals surface area (Å²) >= 11 is 0. The van der Waals surface area contributed by atoms with E-state index in [-0.39, 0.29) is 0 Å². The second-order valence-electron chi connectivity index (χ2n) is 2.61. The van der Waals surface area contributed by atoms with E-state index in [1.165, 1.54) is 5.56 Å². The van der Waals surface area contributed by atoms with Crippen LogP contribution in [0, 0.1) is 0 Å². The standard InChI is InChI=1S/C9H13O2P/c1-2-3-8-4-6-9(7-5-8)11-12-10/h4-7H,2-3,12H2,1H3. The molecule has 1 unspecified atom stereocenters. The van der Waals surface area contributed by atoms with Crippen LogP contribution in [0.25, 0.3) is 0 Å². The number of aryl methyl sites for hydroxylation is 1. The van der Waals surface area contributed by atoms with Crippen LogP contribution < -0.4 is 4.52 Å². The van der Waals surface area contributed by atoms with E-state index in [4.69, 9.17) is 4.52 Å². The van der Waals surface area contributed by atoms with Gasteiger partial charge in [0.25, 0.3) is 0 Å². The molecule has 12 heavy (non-hydrogen) atoms. The molecule has 0 heterocycles. The van der Waals surface area contributed by atoms with Crippen molar-refractivity contribution in [3.05, 3.63) is 29.8 Å². The Hall–Kier alpha value is -0.750. The highest BCUT2D eigenvalue weighted by Gasteiger charge is 1.92. The van der Waals surface area contributed by atoms with Crippen molar-refractivity contribution in [2.45, 2.75) is 19.8 Å². The summed E-state index contributed by atoms with van der Waals surface area (Å²) in [7, 11) is -1.14. The lowest BCUT2D eigenvalue weighted by Crippen LogP contribution is -1.82. The number of benzene rings is 1. The Morgan fingerprint density at radius 2 is 2.00 bits per heavy atom. The first-order chi connectivity index (χ1) is 5.86. The van der Waals surface area contributed by atoms with Crippen molar-refractivity contribution in [1.82, 2.24) is 0 Å². The smallest absolute Gasteiger partial charge is 0.225 e. The van der Waals surface area contributed by atoms with Gasteiger partial charge in [-0.05, 0) is 24.1 Å². The predicted molar refractivity (Wildman–Crippen MR) is 51.5 cm³/mol. The zero-order chi connectivity index (χ0) is 8.81. The van der Waals surface area contributed by atoms with Gasteiger partial charge in [-0.25, -0.2) is 0 Å². The first-order valence-electron chi connectivity index (χ1n) is 4.06. The Kier molecular flexibility index (Phi) is 3.89. The van der Waals surface area contributed by atoms with Crippen LogP contribution in [-0.2, 0) is 11.0 Å². The molecule has 0 fully saturated rings. The van der Waals surface area contributed by atoms with Gasteiger partial charge in [0, 0.05) is 0 Å². The third-order valence-corrected chi connectivity index (χ3v) is 2.01. The number of hydrogen-bond donors (Lipinski definition) is 0. The first-order valence-corrected chi connectivity index (χ1v) is 5.00.